The van der Waals surface area contributed by atoms with E-state index in [0.29, 0.717) is 9.90 Å². The second-order valence-corrected chi connectivity index (χ2v) is 7.49. The molecule has 0 saturated heterocycles. The van der Waals surface area contributed by atoms with Gasteiger partial charge in [-0.1, -0.05) is 35.3 Å². The molecule has 0 aliphatic carbocycles. The SMILES string of the molecule is Clc1cccc2sccc12.O=C(O)c1cc2c(Cl)cccc2s1. The van der Waals surface area contributed by atoms with Crippen LogP contribution in [-0.4, -0.2) is 11.1 Å². The first-order valence-electron chi connectivity index (χ1n) is 6.59. The Hall–Kier alpha value is -1.59. The number of thiophene rings is 2. The smallest absolute Gasteiger partial charge is 0.345 e. The van der Waals surface area contributed by atoms with Crippen molar-refractivity contribution in [3.63, 3.8) is 0 Å². The van der Waals surface area contributed by atoms with E-state index in [2.05, 4.69) is 11.4 Å². The molecule has 4 aromatic rings. The van der Waals surface area contributed by atoms with Crippen LogP contribution in [0.3, 0.4) is 0 Å². The van der Waals surface area contributed by atoms with E-state index in [9.17, 15) is 4.79 Å². The highest BCUT2D eigenvalue weighted by atomic mass is 35.5. The Morgan fingerprint density at radius 1 is 0.913 bits per heavy atom. The lowest BCUT2D eigenvalue weighted by Gasteiger charge is -1.89. The molecule has 0 spiro atoms. The van der Waals surface area contributed by atoms with Crippen molar-refractivity contribution < 1.29 is 9.90 Å². The normalized spacial score (nSPS) is 10.5. The average Bonchev–Trinajstić information content (AvgIpc) is 3.15. The molecule has 4 rings (SSSR count). The van der Waals surface area contributed by atoms with Crippen LogP contribution in [0, 0.1) is 0 Å². The van der Waals surface area contributed by atoms with Crippen LogP contribution in [0.5, 0.6) is 0 Å². The Balaban J connectivity index is 0.000000140. The topological polar surface area (TPSA) is 37.3 Å². The van der Waals surface area contributed by atoms with E-state index < -0.39 is 5.97 Å². The van der Waals surface area contributed by atoms with Crippen LogP contribution in [0.25, 0.3) is 20.2 Å². The van der Waals surface area contributed by atoms with Crippen LogP contribution in [0.15, 0.2) is 53.9 Å². The summed E-state index contributed by atoms with van der Waals surface area (Å²) in [6, 6.07) is 15.0. The van der Waals surface area contributed by atoms with E-state index in [1.807, 2.05) is 30.3 Å². The van der Waals surface area contributed by atoms with Crippen LogP contribution in [0.2, 0.25) is 10.0 Å². The van der Waals surface area contributed by atoms with Crippen molar-refractivity contribution in [1.82, 2.24) is 0 Å². The third-order valence-electron chi connectivity index (χ3n) is 3.16. The maximum absolute atomic E-state index is 10.6. The fraction of sp³-hybridized carbons (Fsp3) is 0. The maximum Gasteiger partial charge on any atom is 0.345 e. The van der Waals surface area contributed by atoms with Gasteiger partial charge >= 0.3 is 5.97 Å². The van der Waals surface area contributed by atoms with Crippen LogP contribution in [0.1, 0.15) is 9.67 Å². The summed E-state index contributed by atoms with van der Waals surface area (Å²) in [7, 11) is 0. The predicted octanol–water partition coefficient (Wildman–Crippen LogP) is 6.81. The Morgan fingerprint density at radius 2 is 1.57 bits per heavy atom. The number of carboxylic acids is 1. The first-order valence-corrected chi connectivity index (χ1v) is 9.04. The standard InChI is InChI=1S/C9H5ClO2S.C8H5ClS/c10-6-2-1-3-7-5(6)4-8(13-7)9(11)12;9-7-2-1-3-8-6(7)4-5-10-8/h1-4H,(H,11,12);1-5H. The van der Waals surface area contributed by atoms with E-state index in [-0.39, 0.29) is 0 Å². The Morgan fingerprint density at radius 3 is 2.17 bits per heavy atom. The molecule has 116 valence electrons. The van der Waals surface area contributed by atoms with Crippen LogP contribution in [0.4, 0.5) is 0 Å². The molecule has 0 unspecified atom stereocenters. The van der Waals surface area contributed by atoms with Crippen molar-refractivity contribution in [2.45, 2.75) is 0 Å². The highest BCUT2D eigenvalue weighted by Gasteiger charge is 2.09. The average molecular weight is 381 g/mol. The molecule has 1 N–H and O–H groups in total. The molecule has 0 radical (unpaired) electrons. The first kappa shape index (κ1) is 16.3. The summed E-state index contributed by atoms with van der Waals surface area (Å²) >= 11 is 14.7. The predicted molar refractivity (Wildman–Crippen MR) is 101 cm³/mol. The molecule has 2 aromatic carbocycles. The molecule has 2 nitrogen and oxygen atoms in total. The Kier molecular flexibility index (Phi) is 4.87. The summed E-state index contributed by atoms with van der Waals surface area (Å²) in [5.74, 6) is -0.905. The molecule has 0 fully saturated rings. The van der Waals surface area contributed by atoms with E-state index in [4.69, 9.17) is 28.3 Å². The zero-order valence-corrected chi connectivity index (χ0v) is 14.8. The molecule has 0 saturated carbocycles. The second-order valence-electron chi connectivity index (χ2n) is 4.64. The number of carbonyl (C=O) groups is 1. The number of carboxylic acid groups (broad SMARTS) is 1. The lowest BCUT2D eigenvalue weighted by molar-refractivity contribution is 0.0702. The summed E-state index contributed by atoms with van der Waals surface area (Å²) in [4.78, 5) is 11.0. The van der Waals surface area contributed by atoms with Gasteiger partial charge in [0.1, 0.15) is 4.88 Å². The minimum atomic E-state index is -0.905. The third-order valence-corrected chi connectivity index (χ3v) is 5.79. The van der Waals surface area contributed by atoms with E-state index in [1.165, 1.54) is 16.0 Å². The van der Waals surface area contributed by atoms with Crippen LogP contribution < -0.4 is 0 Å². The van der Waals surface area contributed by atoms with Crippen molar-refractivity contribution in [1.29, 1.82) is 0 Å². The van der Waals surface area contributed by atoms with Crippen LogP contribution in [-0.2, 0) is 0 Å². The number of benzene rings is 2. The van der Waals surface area contributed by atoms with Gasteiger partial charge in [-0.3, -0.25) is 0 Å². The number of fused-ring (bicyclic) bond motifs is 2. The Labute approximate surface area is 150 Å². The second kappa shape index (κ2) is 6.89. The molecule has 23 heavy (non-hydrogen) atoms. The van der Waals surface area contributed by atoms with E-state index in [0.717, 1.165) is 20.5 Å². The molecular weight excluding hydrogens is 371 g/mol. The highest BCUT2D eigenvalue weighted by Crippen LogP contribution is 2.30. The van der Waals surface area contributed by atoms with Gasteiger partial charge in [-0.2, -0.15) is 0 Å². The van der Waals surface area contributed by atoms with Gasteiger partial charge in [-0.05, 0) is 41.8 Å². The van der Waals surface area contributed by atoms with Gasteiger partial charge < -0.3 is 5.11 Å². The summed E-state index contributed by atoms with van der Waals surface area (Å²) in [5, 5.41) is 14.2. The van der Waals surface area contributed by atoms with Crippen LogP contribution >= 0.6 is 45.9 Å². The molecular formula is C17H10Cl2O2S2. The lowest BCUT2D eigenvalue weighted by atomic mass is 10.2. The fourth-order valence-electron chi connectivity index (χ4n) is 2.09. The third kappa shape index (κ3) is 3.51. The zero-order valence-electron chi connectivity index (χ0n) is 11.6. The van der Waals surface area contributed by atoms with Gasteiger partial charge in [0.15, 0.2) is 0 Å². The van der Waals surface area contributed by atoms with Gasteiger partial charge in [-0.15, -0.1) is 22.7 Å². The van der Waals surface area contributed by atoms with Crippen molar-refractivity contribution >= 4 is 72.0 Å². The van der Waals surface area contributed by atoms with E-state index in [1.54, 1.807) is 23.5 Å². The van der Waals surface area contributed by atoms with Crippen molar-refractivity contribution in [3.05, 3.63) is 68.8 Å². The van der Waals surface area contributed by atoms with Gasteiger partial charge in [0.25, 0.3) is 0 Å². The largest absolute Gasteiger partial charge is 0.477 e. The van der Waals surface area contributed by atoms with Gasteiger partial charge in [0.05, 0.1) is 0 Å². The quantitative estimate of drug-likeness (QED) is 0.393. The van der Waals surface area contributed by atoms with Crippen molar-refractivity contribution in [3.8, 4) is 0 Å². The molecule has 0 bridgehead atoms. The molecule has 6 heteroatoms. The molecule has 0 amide bonds. The summed E-state index contributed by atoms with van der Waals surface area (Å²) < 4.78 is 2.16. The monoisotopic (exact) mass is 380 g/mol. The lowest BCUT2D eigenvalue weighted by Crippen LogP contribution is -1.89. The van der Waals surface area contributed by atoms with Crippen molar-refractivity contribution in [2.24, 2.45) is 0 Å². The first-order chi connectivity index (χ1) is 11.1. The minimum absolute atomic E-state index is 0.322. The molecule has 2 aromatic heterocycles. The number of hydrogen-bond acceptors (Lipinski definition) is 3. The fourth-order valence-corrected chi connectivity index (χ4v) is 4.41. The zero-order chi connectivity index (χ0) is 16.4. The highest BCUT2D eigenvalue weighted by molar-refractivity contribution is 7.20. The molecule has 0 aliphatic heterocycles. The molecule has 0 aliphatic rings. The molecule has 2 heterocycles. The van der Waals surface area contributed by atoms with E-state index >= 15 is 0 Å². The molecule has 0 atom stereocenters. The Bertz CT molecular complexity index is 989. The van der Waals surface area contributed by atoms with Crippen molar-refractivity contribution in [2.75, 3.05) is 0 Å². The van der Waals surface area contributed by atoms with Gasteiger partial charge in [0, 0.05) is 30.2 Å². The number of rotatable bonds is 1. The summed E-state index contributed by atoms with van der Waals surface area (Å²) in [5.41, 5.74) is 0. The number of hydrogen-bond donors (Lipinski definition) is 1. The van der Waals surface area contributed by atoms with Gasteiger partial charge in [0.2, 0.25) is 0 Å². The summed E-state index contributed by atoms with van der Waals surface area (Å²) in [6.45, 7) is 0. The summed E-state index contributed by atoms with van der Waals surface area (Å²) in [6.07, 6.45) is 0. The van der Waals surface area contributed by atoms with Gasteiger partial charge in [-0.25, -0.2) is 4.79 Å². The minimum Gasteiger partial charge on any atom is -0.477 e. The maximum atomic E-state index is 10.6. The number of aromatic carboxylic acids is 1. The number of halogens is 2.